The van der Waals surface area contributed by atoms with Gasteiger partial charge in [0.25, 0.3) is 0 Å². The first kappa shape index (κ1) is 15.6. The number of nitrogens with zero attached hydrogens (tertiary/aromatic N) is 1. The van der Waals surface area contributed by atoms with Gasteiger partial charge in [-0.1, -0.05) is 17.7 Å². The van der Waals surface area contributed by atoms with E-state index in [4.69, 9.17) is 16.3 Å². The maximum atomic E-state index is 6.24. The van der Waals surface area contributed by atoms with Crippen molar-refractivity contribution >= 4 is 11.6 Å². The molecule has 1 unspecified atom stereocenters. The summed E-state index contributed by atoms with van der Waals surface area (Å²) in [5.74, 6) is 1.60. The second kappa shape index (κ2) is 7.30. The highest BCUT2D eigenvalue weighted by Gasteiger charge is 2.23. The van der Waals surface area contributed by atoms with Gasteiger partial charge in [0, 0.05) is 29.7 Å². The molecule has 1 aromatic rings. The Hall–Kier alpha value is -0.770. The molecular weight excluding hydrogens is 272 g/mol. The lowest BCUT2D eigenvalue weighted by atomic mass is 10.1. The van der Waals surface area contributed by atoms with Crippen LogP contribution >= 0.6 is 11.6 Å². The molecule has 1 aliphatic heterocycles. The molecule has 0 amide bonds. The van der Waals surface area contributed by atoms with Crippen molar-refractivity contribution in [2.75, 3.05) is 26.7 Å². The number of likely N-dealkylation sites (tertiary alicyclic amines) is 1. The fourth-order valence-electron chi connectivity index (χ4n) is 2.80. The third-order valence-electron chi connectivity index (χ3n) is 4.08. The van der Waals surface area contributed by atoms with E-state index in [1.807, 2.05) is 18.2 Å². The molecule has 0 spiro atoms. The standard InChI is InChI=1S/C16H25ClN2O/c1-12(2)19-8-7-13(11-19)9-18-10-14-15(17)5-4-6-16(14)20-3/h4-6,12-13,18H,7-11H2,1-3H3. The highest BCUT2D eigenvalue weighted by molar-refractivity contribution is 6.31. The highest BCUT2D eigenvalue weighted by Crippen LogP contribution is 2.26. The zero-order valence-corrected chi connectivity index (χ0v) is 13.4. The van der Waals surface area contributed by atoms with Gasteiger partial charge < -0.3 is 15.0 Å². The summed E-state index contributed by atoms with van der Waals surface area (Å²) < 4.78 is 5.36. The van der Waals surface area contributed by atoms with Gasteiger partial charge in [-0.05, 0) is 51.4 Å². The summed E-state index contributed by atoms with van der Waals surface area (Å²) in [4.78, 5) is 2.54. The van der Waals surface area contributed by atoms with E-state index in [9.17, 15) is 0 Å². The molecule has 1 fully saturated rings. The highest BCUT2D eigenvalue weighted by atomic mass is 35.5. The van der Waals surface area contributed by atoms with Crippen molar-refractivity contribution in [3.05, 3.63) is 28.8 Å². The van der Waals surface area contributed by atoms with Crippen LogP contribution in [0.5, 0.6) is 5.75 Å². The lowest BCUT2D eigenvalue weighted by Crippen LogP contribution is -2.30. The fraction of sp³-hybridized carbons (Fsp3) is 0.625. The molecule has 0 saturated carbocycles. The first-order valence-corrected chi connectivity index (χ1v) is 7.75. The molecule has 1 saturated heterocycles. The fourth-order valence-corrected chi connectivity index (χ4v) is 3.03. The van der Waals surface area contributed by atoms with Gasteiger partial charge in [0.15, 0.2) is 0 Å². The van der Waals surface area contributed by atoms with Crippen molar-refractivity contribution in [3.63, 3.8) is 0 Å². The topological polar surface area (TPSA) is 24.5 Å². The molecule has 2 rings (SSSR count). The van der Waals surface area contributed by atoms with Gasteiger partial charge in [0.1, 0.15) is 5.75 Å². The summed E-state index contributed by atoms with van der Waals surface area (Å²) in [6, 6.07) is 6.45. The van der Waals surface area contributed by atoms with E-state index < -0.39 is 0 Å². The summed E-state index contributed by atoms with van der Waals surface area (Å²) >= 11 is 6.24. The Morgan fingerprint density at radius 2 is 2.25 bits per heavy atom. The van der Waals surface area contributed by atoms with Crippen LogP contribution in [-0.4, -0.2) is 37.7 Å². The number of nitrogens with one attached hydrogen (secondary N) is 1. The molecular formula is C16H25ClN2O. The van der Waals surface area contributed by atoms with Crippen LogP contribution in [-0.2, 0) is 6.54 Å². The van der Waals surface area contributed by atoms with Gasteiger partial charge in [-0.15, -0.1) is 0 Å². The lowest BCUT2D eigenvalue weighted by Gasteiger charge is -2.20. The van der Waals surface area contributed by atoms with Crippen molar-refractivity contribution in [2.45, 2.75) is 32.9 Å². The van der Waals surface area contributed by atoms with E-state index in [0.29, 0.717) is 6.04 Å². The molecule has 1 heterocycles. The van der Waals surface area contributed by atoms with Crippen molar-refractivity contribution in [1.29, 1.82) is 0 Å². The van der Waals surface area contributed by atoms with Crippen molar-refractivity contribution < 1.29 is 4.74 Å². The second-order valence-electron chi connectivity index (χ2n) is 5.79. The van der Waals surface area contributed by atoms with Gasteiger partial charge in [-0.25, -0.2) is 0 Å². The van der Waals surface area contributed by atoms with Crippen LogP contribution in [0.3, 0.4) is 0 Å². The lowest BCUT2D eigenvalue weighted by molar-refractivity contribution is 0.264. The van der Waals surface area contributed by atoms with Crippen LogP contribution in [0, 0.1) is 5.92 Å². The monoisotopic (exact) mass is 296 g/mol. The smallest absolute Gasteiger partial charge is 0.124 e. The Bertz CT molecular complexity index is 436. The number of methoxy groups -OCH3 is 1. The summed E-state index contributed by atoms with van der Waals surface area (Å²) in [5.41, 5.74) is 1.05. The number of ether oxygens (including phenoxy) is 1. The van der Waals surface area contributed by atoms with E-state index in [1.54, 1.807) is 7.11 Å². The Morgan fingerprint density at radius 1 is 1.45 bits per heavy atom. The van der Waals surface area contributed by atoms with Crippen molar-refractivity contribution in [3.8, 4) is 5.75 Å². The number of hydrogen-bond acceptors (Lipinski definition) is 3. The molecule has 0 radical (unpaired) electrons. The zero-order valence-electron chi connectivity index (χ0n) is 12.7. The largest absolute Gasteiger partial charge is 0.496 e. The molecule has 3 nitrogen and oxygen atoms in total. The Balaban J connectivity index is 1.82. The maximum absolute atomic E-state index is 6.24. The Kier molecular flexibility index (Phi) is 5.70. The second-order valence-corrected chi connectivity index (χ2v) is 6.20. The molecule has 0 aliphatic carbocycles. The minimum Gasteiger partial charge on any atom is -0.496 e. The van der Waals surface area contributed by atoms with Crippen molar-refractivity contribution in [1.82, 2.24) is 10.2 Å². The zero-order chi connectivity index (χ0) is 14.5. The van der Waals surface area contributed by atoms with Crippen LogP contribution in [0.25, 0.3) is 0 Å². The van der Waals surface area contributed by atoms with E-state index >= 15 is 0 Å². The predicted octanol–water partition coefficient (Wildman–Crippen LogP) is 3.17. The Labute approximate surface area is 127 Å². The molecule has 1 atom stereocenters. The van der Waals surface area contributed by atoms with Crippen LogP contribution in [0.15, 0.2) is 18.2 Å². The number of rotatable bonds is 6. The van der Waals surface area contributed by atoms with E-state index in [1.165, 1.54) is 19.5 Å². The number of halogens is 1. The van der Waals surface area contributed by atoms with E-state index in [-0.39, 0.29) is 0 Å². The molecule has 0 bridgehead atoms. The summed E-state index contributed by atoms with van der Waals surface area (Å²) in [5, 5.41) is 4.30. The van der Waals surface area contributed by atoms with Gasteiger partial charge >= 0.3 is 0 Å². The average molecular weight is 297 g/mol. The normalized spacial score (nSPS) is 19.8. The molecule has 1 aromatic carbocycles. The van der Waals surface area contributed by atoms with Crippen LogP contribution in [0.4, 0.5) is 0 Å². The van der Waals surface area contributed by atoms with Crippen LogP contribution < -0.4 is 10.1 Å². The van der Waals surface area contributed by atoms with E-state index in [2.05, 4.69) is 24.1 Å². The minimum atomic E-state index is 0.656. The molecule has 1 N–H and O–H groups in total. The van der Waals surface area contributed by atoms with Gasteiger partial charge in [0.05, 0.1) is 7.11 Å². The van der Waals surface area contributed by atoms with Crippen LogP contribution in [0.1, 0.15) is 25.8 Å². The first-order valence-electron chi connectivity index (χ1n) is 7.38. The maximum Gasteiger partial charge on any atom is 0.124 e. The molecule has 1 aliphatic rings. The quantitative estimate of drug-likeness (QED) is 0.873. The van der Waals surface area contributed by atoms with Gasteiger partial charge in [-0.2, -0.15) is 0 Å². The first-order chi connectivity index (χ1) is 9.61. The molecule has 0 aromatic heterocycles. The summed E-state index contributed by atoms with van der Waals surface area (Å²) in [6.07, 6.45) is 1.28. The average Bonchev–Trinajstić information content (AvgIpc) is 2.89. The number of benzene rings is 1. The number of hydrogen-bond donors (Lipinski definition) is 1. The summed E-state index contributed by atoms with van der Waals surface area (Å²) in [7, 11) is 1.69. The van der Waals surface area contributed by atoms with Gasteiger partial charge in [-0.3, -0.25) is 0 Å². The minimum absolute atomic E-state index is 0.656. The third-order valence-corrected chi connectivity index (χ3v) is 4.43. The van der Waals surface area contributed by atoms with Gasteiger partial charge in [0.2, 0.25) is 0 Å². The molecule has 4 heteroatoms. The molecule has 112 valence electrons. The third kappa shape index (κ3) is 3.87. The SMILES string of the molecule is COc1cccc(Cl)c1CNCC1CCN(C(C)C)C1. The van der Waals surface area contributed by atoms with E-state index in [0.717, 1.165) is 35.3 Å². The Morgan fingerprint density at radius 3 is 2.90 bits per heavy atom. The van der Waals surface area contributed by atoms with Crippen molar-refractivity contribution in [2.24, 2.45) is 5.92 Å². The van der Waals surface area contributed by atoms with Crippen LogP contribution in [0.2, 0.25) is 5.02 Å². The predicted molar refractivity (Wildman–Crippen MR) is 84.5 cm³/mol. The summed E-state index contributed by atoms with van der Waals surface area (Å²) in [6.45, 7) is 8.76. The molecule has 20 heavy (non-hydrogen) atoms.